The summed E-state index contributed by atoms with van der Waals surface area (Å²) in [6.45, 7) is 6.96. The van der Waals surface area contributed by atoms with Gasteiger partial charge in [-0.1, -0.05) is 44.2 Å². The van der Waals surface area contributed by atoms with E-state index in [0.29, 0.717) is 18.9 Å². The van der Waals surface area contributed by atoms with Crippen molar-refractivity contribution in [2.45, 2.75) is 19.9 Å². The second-order valence-corrected chi connectivity index (χ2v) is 7.51. The smallest absolute Gasteiger partial charge is 0.249 e. The van der Waals surface area contributed by atoms with Gasteiger partial charge in [0, 0.05) is 49.8 Å². The van der Waals surface area contributed by atoms with Crippen LogP contribution in [0.25, 0.3) is 11.4 Å². The average molecular weight is 391 g/mol. The van der Waals surface area contributed by atoms with Crippen LogP contribution in [0.15, 0.2) is 54.9 Å². The molecule has 0 spiro atoms. The molecule has 4 rings (SSSR count). The van der Waals surface area contributed by atoms with Crippen molar-refractivity contribution in [1.29, 1.82) is 0 Å². The summed E-state index contributed by atoms with van der Waals surface area (Å²) in [5, 5.41) is 12.9. The number of amides is 1. The van der Waals surface area contributed by atoms with E-state index in [9.17, 15) is 4.79 Å². The van der Waals surface area contributed by atoms with Crippen molar-refractivity contribution in [2.24, 2.45) is 5.92 Å². The summed E-state index contributed by atoms with van der Waals surface area (Å²) >= 11 is 0. The number of rotatable bonds is 5. The second-order valence-electron chi connectivity index (χ2n) is 7.51. The highest BCUT2D eigenvalue weighted by molar-refractivity contribution is 5.81. The van der Waals surface area contributed by atoms with E-state index in [0.717, 1.165) is 24.3 Å². The SMILES string of the molecule is CC(C)C(C(=O)N1CCN(c2ccncc2)CC1)n1nnc(-c2ccccc2)n1. The Morgan fingerprint density at radius 3 is 2.31 bits per heavy atom. The van der Waals surface area contributed by atoms with Gasteiger partial charge in [-0.25, -0.2) is 0 Å². The minimum atomic E-state index is -0.465. The van der Waals surface area contributed by atoms with Crippen LogP contribution in [0, 0.1) is 5.92 Å². The normalized spacial score (nSPS) is 15.6. The highest BCUT2D eigenvalue weighted by atomic mass is 16.2. The van der Waals surface area contributed by atoms with Crippen LogP contribution in [0.3, 0.4) is 0 Å². The van der Waals surface area contributed by atoms with Crippen molar-refractivity contribution < 1.29 is 4.79 Å². The highest BCUT2D eigenvalue weighted by Crippen LogP contribution is 2.23. The largest absolute Gasteiger partial charge is 0.368 e. The number of aromatic nitrogens is 5. The summed E-state index contributed by atoms with van der Waals surface area (Å²) in [6.07, 6.45) is 3.59. The molecule has 8 heteroatoms. The molecule has 0 N–H and O–H groups in total. The zero-order chi connectivity index (χ0) is 20.2. The van der Waals surface area contributed by atoms with Gasteiger partial charge in [0.25, 0.3) is 0 Å². The number of hydrogen-bond acceptors (Lipinski definition) is 6. The van der Waals surface area contributed by atoms with E-state index in [1.165, 1.54) is 4.80 Å². The molecule has 8 nitrogen and oxygen atoms in total. The van der Waals surface area contributed by atoms with E-state index in [4.69, 9.17) is 0 Å². The molecule has 29 heavy (non-hydrogen) atoms. The van der Waals surface area contributed by atoms with E-state index in [2.05, 4.69) is 25.3 Å². The Labute approximate surface area is 170 Å². The molecule has 150 valence electrons. The fourth-order valence-electron chi connectivity index (χ4n) is 3.62. The van der Waals surface area contributed by atoms with Gasteiger partial charge < -0.3 is 9.80 Å². The summed E-state index contributed by atoms with van der Waals surface area (Å²) in [4.78, 5) is 23.0. The van der Waals surface area contributed by atoms with Gasteiger partial charge in [-0.15, -0.1) is 10.2 Å². The number of tetrazole rings is 1. The monoisotopic (exact) mass is 391 g/mol. The van der Waals surface area contributed by atoms with Gasteiger partial charge in [-0.3, -0.25) is 9.78 Å². The van der Waals surface area contributed by atoms with E-state index >= 15 is 0 Å². The van der Waals surface area contributed by atoms with Crippen LogP contribution < -0.4 is 4.90 Å². The Bertz CT molecular complexity index is 934. The van der Waals surface area contributed by atoms with Gasteiger partial charge >= 0.3 is 0 Å². The molecular weight excluding hydrogens is 366 g/mol. The first-order chi connectivity index (χ1) is 14.1. The molecule has 0 saturated carbocycles. The molecule has 1 atom stereocenters. The average Bonchev–Trinajstić information content (AvgIpc) is 3.24. The summed E-state index contributed by atoms with van der Waals surface area (Å²) in [5.41, 5.74) is 2.03. The molecule has 1 saturated heterocycles. The van der Waals surface area contributed by atoms with Gasteiger partial charge in [0.2, 0.25) is 11.7 Å². The predicted molar refractivity (Wildman–Crippen MR) is 110 cm³/mol. The molecule has 3 aromatic rings. The van der Waals surface area contributed by atoms with Crippen LogP contribution >= 0.6 is 0 Å². The van der Waals surface area contributed by atoms with Gasteiger partial charge in [0.15, 0.2) is 6.04 Å². The molecule has 0 radical (unpaired) electrons. The molecule has 1 amide bonds. The van der Waals surface area contributed by atoms with Gasteiger partial charge in [-0.2, -0.15) is 4.80 Å². The van der Waals surface area contributed by atoms with Crippen LogP contribution in [0.1, 0.15) is 19.9 Å². The molecule has 3 heterocycles. The van der Waals surface area contributed by atoms with Crippen LogP contribution in [0.2, 0.25) is 0 Å². The maximum Gasteiger partial charge on any atom is 0.249 e. The summed E-state index contributed by atoms with van der Waals surface area (Å²) in [6, 6.07) is 13.2. The second kappa shape index (κ2) is 8.38. The third-order valence-electron chi connectivity index (χ3n) is 5.21. The first-order valence-electron chi connectivity index (χ1n) is 9.92. The fraction of sp³-hybridized carbons (Fsp3) is 0.381. The quantitative estimate of drug-likeness (QED) is 0.664. The number of carbonyl (C=O) groups is 1. The minimum Gasteiger partial charge on any atom is -0.368 e. The van der Waals surface area contributed by atoms with E-state index < -0.39 is 6.04 Å². The molecular formula is C21H25N7O. The first kappa shape index (κ1) is 19.0. The van der Waals surface area contributed by atoms with Crippen molar-refractivity contribution in [2.75, 3.05) is 31.1 Å². The number of carbonyl (C=O) groups excluding carboxylic acids is 1. The number of hydrogen-bond donors (Lipinski definition) is 0. The Hall–Kier alpha value is -3.29. The Morgan fingerprint density at radius 1 is 0.966 bits per heavy atom. The Morgan fingerprint density at radius 2 is 1.66 bits per heavy atom. The van der Waals surface area contributed by atoms with Crippen molar-refractivity contribution in [3.8, 4) is 11.4 Å². The summed E-state index contributed by atoms with van der Waals surface area (Å²) in [7, 11) is 0. The summed E-state index contributed by atoms with van der Waals surface area (Å²) < 4.78 is 0. The molecule has 1 unspecified atom stereocenters. The molecule has 2 aromatic heterocycles. The topological polar surface area (TPSA) is 80.0 Å². The van der Waals surface area contributed by atoms with Crippen molar-refractivity contribution in [3.63, 3.8) is 0 Å². The molecule has 1 aliphatic rings. The predicted octanol–water partition coefficient (Wildman–Crippen LogP) is 2.28. The van der Waals surface area contributed by atoms with Crippen LogP contribution in [-0.2, 0) is 4.79 Å². The molecule has 0 bridgehead atoms. The first-order valence-corrected chi connectivity index (χ1v) is 9.92. The van der Waals surface area contributed by atoms with Crippen LogP contribution in [0.5, 0.6) is 0 Å². The lowest BCUT2D eigenvalue weighted by Crippen LogP contribution is -2.51. The Kier molecular flexibility index (Phi) is 5.50. The van der Waals surface area contributed by atoms with Crippen LogP contribution in [-0.4, -0.2) is 62.2 Å². The van der Waals surface area contributed by atoms with Gasteiger partial charge in [-0.05, 0) is 23.3 Å². The Balaban J connectivity index is 1.47. The number of nitrogens with zero attached hydrogens (tertiary/aromatic N) is 7. The van der Waals surface area contributed by atoms with E-state index in [-0.39, 0.29) is 11.8 Å². The zero-order valence-electron chi connectivity index (χ0n) is 16.7. The molecule has 1 fully saturated rings. The zero-order valence-corrected chi connectivity index (χ0v) is 16.7. The lowest BCUT2D eigenvalue weighted by atomic mass is 10.0. The van der Waals surface area contributed by atoms with Gasteiger partial charge in [0.05, 0.1) is 0 Å². The van der Waals surface area contributed by atoms with E-state index in [1.807, 2.05) is 61.2 Å². The number of pyridine rings is 1. The number of benzene rings is 1. The maximum atomic E-state index is 13.3. The number of anilines is 1. The van der Waals surface area contributed by atoms with Crippen molar-refractivity contribution >= 4 is 11.6 Å². The van der Waals surface area contributed by atoms with Crippen LogP contribution in [0.4, 0.5) is 5.69 Å². The maximum absolute atomic E-state index is 13.3. The fourth-order valence-corrected chi connectivity index (χ4v) is 3.62. The van der Waals surface area contributed by atoms with Crippen molar-refractivity contribution in [3.05, 3.63) is 54.9 Å². The molecule has 0 aliphatic carbocycles. The van der Waals surface area contributed by atoms with E-state index in [1.54, 1.807) is 12.4 Å². The standard InChI is InChI=1S/C21H25N7O/c1-16(2)19(28-24-20(23-25-28)17-6-4-3-5-7-17)21(29)27-14-12-26(13-15-27)18-8-10-22-11-9-18/h3-11,16,19H,12-15H2,1-2H3. The molecule has 1 aliphatic heterocycles. The lowest BCUT2D eigenvalue weighted by molar-refractivity contribution is -0.137. The number of piperazine rings is 1. The third kappa shape index (κ3) is 4.11. The third-order valence-corrected chi connectivity index (χ3v) is 5.21. The minimum absolute atomic E-state index is 0.0476. The summed E-state index contributed by atoms with van der Waals surface area (Å²) in [5.74, 6) is 0.636. The lowest BCUT2D eigenvalue weighted by Gasteiger charge is -2.37. The highest BCUT2D eigenvalue weighted by Gasteiger charge is 2.33. The van der Waals surface area contributed by atoms with Crippen molar-refractivity contribution in [1.82, 2.24) is 30.1 Å². The molecule has 1 aromatic carbocycles. The van der Waals surface area contributed by atoms with Gasteiger partial charge in [0.1, 0.15) is 0 Å².